The molecule has 0 spiro atoms. The Hall–Kier alpha value is -2.19. The fraction of sp³-hybridized carbons (Fsp3) is 0.182. The maximum atomic E-state index is 15.2. The lowest BCUT2D eigenvalue weighted by atomic mass is 9.83. The van der Waals surface area contributed by atoms with E-state index in [1.54, 1.807) is 12.1 Å². The molecule has 0 aliphatic heterocycles. The summed E-state index contributed by atoms with van der Waals surface area (Å²) in [6.45, 7) is 2.13. The van der Waals surface area contributed by atoms with Crippen molar-refractivity contribution in [1.82, 2.24) is 0 Å². The number of halogens is 3. The van der Waals surface area contributed by atoms with Crippen molar-refractivity contribution < 1.29 is 8.78 Å². The fourth-order valence-corrected chi connectivity index (χ4v) is 3.72. The summed E-state index contributed by atoms with van der Waals surface area (Å²) in [5, 5.41) is 0.0442. The number of hydrogen-bond donors (Lipinski definition) is 0. The van der Waals surface area contributed by atoms with E-state index < -0.39 is 5.82 Å². The van der Waals surface area contributed by atoms with Gasteiger partial charge in [0.05, 0.1) is 5.02 Å². The molecule has 0 aromatic heterocycles. The van der Waals surface area contributed by atoms with Crippen LogP contribution in [0.5, 0.6) is 0 Å². The molecule has 0 nitrogen and oxygen atoms in total. The molecule has 1 aliphatic carbocycles. The van der Waals surface area contributed by atoms with E-state index in [1.807, 2.05) is 6.07 Å². The van der Waals surface area contributed by atoms with E-state index in [9.17, 15) is 4.39 Å². The van der Waals surface area contributed by atoms with Crippen LogP contribution >= 0.6 is 11.6 Å². The summed E-state index contributed by atoms with van der Waals surface area (Å²) in [5.41, 5.74) is 6.26. The molecule has 3 aromatic carbocycles. The molecule has 25 heavy (non-hydrogen) atoms. The Morgan fingerprint density at radius 2 is 1.64 bits per heavy atom. The third-order valence-electron chi connectivity index (χ3n) is 4.99. The number of hydrogen-bond acceptors (Lipinski definition) is 0. The molecule has 0 atom stereocenters. The van der Waals surface area contributed by atoms with Gasteiger partial charge in [-0.1, -0.05) is 54.9 Å². The van der Waals surface area contributed by atoms with Crippen molar-refractivity contribution >= 4 is 11.6 Å². The Labute approximate surface area is 151 Å². The van der Waals surface area contributed by atoms with Gasteiger partial charge in [0.2, 0.25) is 0 Å². The van der Waals surface area contributed by atoms with Crippen LogP contribution in [0.15, 0.2) is 48.5 Å². The van der Waals surface area contributed by atoms with E-state index in [0.29, 0.717) is 23.1 Å². The van der Waals surface area contributed by atoms with Crippen molar-refractivity contribution in [1.29, 1.82) is 0 Å². The minimum absolute atomic E-state index is 0.0442. The van der Waals surface area contributed by atoms with Gasteiger partial charge in [0.25, 0.3) is 0 Å². The molecule has 0 unspecified atom stereocenters. The Morgan fingerprint density at radius 1 is 0.880 bits per heavy atom. The molecule has 4 rings (SSSR count). The summed E-state index contributed by atoms with van der Waals surface area (Å²) >= 11 is 5.74. The van der Waals surface area contributed by atoms with Crippen LogP contribution in [0.25, 0.3) is 22.3 Å². The third-order valence-corrected chi connectivity index (χ3v) is 5.29. The molecule has 0 amide bonds. The van der Waals surface area contributed by atoms with Crippen LogP contribution in [-0.4, -0.2) is 0 Å². The summed E-state index contributed by atoms with van der Waals surface area (Å²) in [6.07, 6.45) is 2.48. The van der Waals surface area contributed by atoms with E-state index >= 15 is 4.39 Å². The van der Waals surface area contributed by atoms with Gasteiger partial charge in [-0.3, -0.25) is 0 Å². The highest BCUT2D eigenvalue weighted by Crippen LogP contribution is 2.39. The van der Waals surface area contributed by atoms with E-state index in [4.69, 9.17) is 11.6 Å². The molecule has 3 aromatic rings. The zero-order valence-electron chi connectivity index (χ0n) is 13.9. The molecule has 1 aliphatic rings. The number of aryl methyl sites for hydroxylation is 2. The topological polar surface area (TPSA) is 0 Å². The van der Waals surface area contributed by atoms with Crippen LogP contribution in [0.2, 0.25) is 5.02 Å². The van der Waals surface area contributed by atoms with Crippen LogP contribution in [0.4, 0.5) is 8.78 Å². The van der Waals surface area contributed by atoms with Gasteiger partial charge < -0.3 is 0 Å². The summed E-state index contributed by atoms with van der Waals surface area (Å²) in [7, 11) is 0. The minimum Gasteiger partial charge on any atom is -0.206 e. The molecule has 0 bridgehead atoms. The third kappa shape index (κ3) is 2.75. The van der Waals surface area contributed by atoms with Crippen LogP contribution in [-0.2, 0) is 19.3 Å². The molecular formula is C22H17ClF2. The van der Waals surface area contributed by atoms with Crippen LogP contribution in [0, 0.1) is 11.6 Å². The molecule has 0 radical (unpaired) electrons. The molecule has 3 heteroatoms. The maximum Gasteiger partial charge on any atom is 0.142 e. The lowest BCUT2D eigenvalue weighted by molar-refractivity contribution is 0.610. The average molecular weight is 355 g/mol. The number of benzene rings is 3. The van der Waals surface area contributed by atoms with E-state index in [1.165, 1.54) is 23.3 Å². The second kappa shape index (κ2) is 6.27. The molecule has 0 heterocycles. The quantitative estimate of drug-likeness (QED) is 0.485. The first kappa shape index (κ1) is 16.3. The smallest absolute Gasteiger partial charge is 0.142 e. The molecule has 0 saturated heterocycles. The van der Waals surface area contributed by atoms with Gasteiger partial charge in [-0.2, -0.15) is 0 Å². The predicted octanol–water partition coefficient (Wildman–Crippen LogP) is 6.61. The van der Waals surface area contributed by atoms with Gasteiger partial charge in [0.15, 0.2) is 0 Å². The Balaban J connectivity index is 1.84. The number of rotatable bonds is 2. The lowest BCUT2D eigenvalue weighted by Gasteiger charge is -2.22. The van der Waals surface area contributed by atoms with Gasteiger partial charge in [0.1, 0.15) is 11.6 Å². The highest BCUT2D eigenvalue weighted by molar-refractivity contribution is 6.30. The van der Waals surface area contributed by atoms with Crippen LogP contribution < -0.4 is 0 Å². The molecule has 0 saturated carbocycles. The van der Waals surface area contributed by atoms with E-state index in [2.05, 4.69) is 25.1 Å². The predicted molar refractivity (Wildman–Crippen MR) is 99.0 cm³/mol. The van der Waals surface area contributed by atoms with Crippen molar-refractivity contribution in [2.45, 2.75) is 26.2 Å². The van der Waals surface area contributed by atoms with Crippen LogP contribution in [0.3, 0.4) is 0 Å². The zero-order chi connectivity index (χ0) is 17.6. The van der Waals surface area contributed by atoms with Crippen LogP contribution in [0.1, 0.15) is 23.6 Å². The van der Waals surface area contributed by atoms with Crippen molar-refractivity contribution in [3.05, 3.63) is 81.9 Å². The molecule has 0 fully saturated rings. The molecule has 0 N–H and O–H groups in total. The van der Waals surface area contributed by atoms with Gasteiger partial charge in [-0.05, 0) is 64.8 Å². The van der Waals surface area contributed by atoms with E-state index in [-0.39, 0.29) is 10.8 Å². The fourth-order valence-electron chi connectivity index (χ4n) is 3.60. The summed E-state index contributed by atoms with van der Waals surface area (Å²) in [6, 6.07) is 14.5. The molecular weight excluding hydrogens is 338 g/mol. The second-order valence-corrected chi connectivity index (χ2v) is 6.83. The highest BCUT2D eigenvalue weighted by atomic mass is 35.5. The first-order chi connectivity index (χ1) is 12.1. The SMILES string of the molecule is CCc1ccc2c(c1)CCc1c-2ccc(-c2ccc(Cl)c(F)c2)c1F. The van der Waals surface area contributed by atoms with Gasteiger partial charge in [0, 0.05) is 5.56 Å². The second-order valence-electron chi connectivity index (χ2n) is 6.43. The first-order valence-corrected chi connectivity index (χ1v) is 8.85. The zero-order valence-corrected chi connectivity index (χ0v) is 14.6. The minimum atomic E-state index is -0.534. The Bertz CT molecular complexity index is 976. The highest BCUT2D eigenvalue weighted by Gasteiger charge is 2.22. The summed E-state index contributed by atoms with van der Waals surface area (Å²) in [4.78, 5) is 0. The van der Waals surface area contributed by atoms with Crippen molar-refractivity contribution in [3.8, 4) is 22.3 Å². The van der Waals surface area contributed by atoms with Crippen molar-refractivity contribution in [2.75, 3.05) is 0 Å². The standard InChI is InChI=1S/C22H17ClF2/c1-2-13-3-6-16-14(11-13)4-7-19-18(16)9-8-17(22(19)25)15-5-10-20(23)21(24)12-15/h3,5-6,8-12H,2,4,7H2,1H3. The number of fused-ring (bicyclic) bond motifs is 3. The average Bonchev–Trinajstić information content (AvgIpc) is 2.63. The largest absolute Gasteiger partial charge is 0.206 e. The van der Waals surface area contributed by atoms with Crippen molar-refractivity contribution in [3.63, 3.8) is 0 Å². The van der Waals surface area contributed by atoms with Crippen molar-refractivity contribution in [2.24, 2.45) is 0 Å². The van der Waals surface area contributed by atoms with Gasteiger partial charge >= 0.3 is 0 Å². The Morgan fingerprint density at radius 3 is 2.40 bits per heavy atom. The summed E-state index contributed by atoms with van der Waals surface area (Å²) < 4.78 is 28.9. The molecule has 126 valence electrons. The maximum absolute atomic E-state index is 15.2. The van der Waals surface area contributed by atoms with E-state index in [0.717, 1.165) is 24.0 Å². The normalized spacial score (nSPS) is 12.6. The lowest BCUT2D eigenvalue weighted by Crippen LogP contribution is -2.08. The monoisotopic (exact) mass is 354 g/mol. The first-order valence-electron chi connectivity index (χ1n) is 8.47. The Kier molecular flexibility index (Phi) is 4.09. The summed E-state index contributed by atoms with van der Waals surface area (Å²) in [5.74, 6) is -0.793. The van der Waals surface area contributed by atoms with Gasteiger partial charge in [-0.25, -0.2) is 8.78 Å². The van der Waals surface area contributed by atoms with Gasteiger partial charge in [-0.15, -0.1) is 0 Å².